The Morgan fingerprint density at radius 1 is 1.20 bits per heavy atom. The average molecular weight is 344 g/mol. The van der Waals surface area contributed by atoms with E-state index < -0.39 is 0 Å². The molecule has 1 unspecified atom stereocenters. The lowest BCUT2D eigenvalue weighted by Gasteiger charge is -2.38. The lowest BCUT2D eigenvalue weighted by molar-refractivity contribution is -0.144. The van der Waals surface area contributed by atoms with Crippen molar-refractivity contribution in [3.05, 3.63) is 35.4 Å². The third kappa shape index (κ3) is 4.33. The van der Waals surface area contributed by atoms with Crippen LogP contribution in [0.15, 0.2) is 24.3 Å². The monoisotopic (exact) mass is 344 g/mol. The van der Waals surface area contributed by atoms with Gasteiger partial charge in [-0.25, -0.2) is 4.79 Å². The van der Waals surface area contributed by atoms with Crippen LogP contribution in [-0.2, 0) is 16.0 Å². The number of nitrogens with one attached hydrogen (secondary N) is 1. The number of hydrogen-bond acceptors (Lipinski definition) is 3. The first kappa shape index (κ1) is 17.8. The summed E-state index contributed by atoms with van der Waals surface area (Å²) < 4.78 is 5.14. The van der Waals surface area contributed by atoms with Crippen molar-refractivity contribution >= 4 is 12.0 Å². The summed E-state index contributed by atoms with van der Waals surface area (Å²) in [5, 5.41) is 3.19. The highest BCUT2D eigenvalue weighted by molar-refractivity contribution is 5.77. The first-order valence-electron chi connectivity index (χ1n) is 9.49. The molecule has 1 atom stereocenters. The number of urea groups is 1. The largest absolute Gasteiger partial charge is 0.466 e. The average Bonchev–Trinajstić information content (AvgIpc) is 2.63. The van der Waals surface area contributed by atoms with E-state index in [1.54, 1.807) is 6.92 Å². The second kappa shape index (κ2) is 8.37. The number of amides is 2. The number of fused-ring (bicyclic) bond motifs is 1. The fourth-order valence-electron chi connectivity index (χ4n) is 4.00. The molecular weight excluding hydrogens is 316 g/mol. The molecule has 136 valence electrons. The Morgan fingerprint density at radius 3 is 2.72 bits per heavy atom. The number of rotatable bonds is 4. The molecule has 0 bridgehead atoms. The van der Waals surface area contributed by atoms with Crippen LogP contribution in [0.3, 0.4) is 0 Å². The van der Waals surface area contributed by atoms with Crippen LogP contribution in [0.25, 0.3) is 0 Å². The van der Waals surface area contributed by atoms with E-state index in [-0.39, 0.29) is 30.5 Å². The van der Waals surface area contributed by atoms with Gasteiger partial charge in [-0.1, -0.05) is 43.5 Å². The highest BCUT2D eigenvalue weighted by Crippen LogP contribution is 2.33. The maximum absolute atomic E-state index is 12.9. The van der Waals surface area contributed by atoms with Gasteiger partial charge in [-0.15, -0.1) is 0 Å². The standard InChI is InChI=1S/C20H28N2O3/c1-2-25-19(23)14-18-17-11-7-6-8-15(17)12-13-22(18)20(24)21-16-9-4-3-5-10-16/h6-8,11,16,18H,2-5,9-10,12-14H2,1H3,(H,21,24). The molecule has 5 heteroatoms. The summed E-state index contributed by atoms with van der Waals surface area (Å²) in [6.07, 6.45) is 6.77. The first-order chi connectivity index (χ1) is 12.2. The topological polar surface area (TPSA) is 58.6 Å². The Balaban J connectivity index is 1.76. The summed E-state index contributed by atoms with van der Waals surface area (Å²) in [6.45, 7) is 2.81. The van der Waals surface area contributed by atoms with Crippen LogP contribution in [0.5, 0.6) is 0 Å². The van der Waals surface area contributed by atoms with Crippen molar-refractivity contribution in [1.29, 1.82) is 0 Å². The van der Waals surface area contributed by atoms with Gasteiger partial charge in [-0.3, -0.25) is 4.79 Å². The molecule has 1 heterocycles. The Hall–Kier alpha value is -2.04. The molecule has 0 spiro atoms. The van der Waals surface area contributed by atoms with Crippen molar-refractivity contribution in [2.45, 2.75) is 64.0 Å². The summed E-state index contributed by atoms with van der Waals surface area (Å²) in [5.41, 5.74) is 2.29. The van der Waals surface area contributed by atoms with Crippen molar-refractivity contribution in [1.82, 2.24) is 10.2 Å². The van der Waals surface area contributed by atoms with E-state index in [2.05, 4.69) is 11.4 Å². The minimum atomic E-state index is -0.250. The van der Waals surface area contributed by atoms with E-state index in [1.807, 2.05) is 23.1 Å². The smallest absolute Gasteiger partial charge is 0.318 e. The van der Waals surface area contributed by atoms with Crippen molar-refractivity contribution in [3.63, 3.8) is 0 Å². The van der Waals surface area contributed by atoms with Crippen LogP contribution in [0.2, 0.25) is 0 Å². The van der Waals surface area contributed by atoms with Gasteiger partial charge < -0.3 is 15.0 Å². The maximum atomic E-state index is 12.9. The zero-order chi connectivity index (χ0) is 17.6. The van der Waals surface area contributed by atoms with E-state index in [9.17, 15) is 9.59 Å². The minimum absolute atomic E-state index is 0.0456. The minimum Gasteiger partial charge on any atom is -0.466 e. The number of nitrogens with zero attached hydrogens (tertiary/aromatic N) is 1. The van der Waals surface area contributed by atoms with Crippen molar-refractivity contribution < 1.29 is 14.3 Å². The van der Waals surface area contributed by atoms with Gasteiger partial charge in [0.25, 0.3) is 0 Å². The predicted molar refractivity (Wildman–Crippen MR) is 96.2 cm³/mol. The van der Waals surface area contributed by atoms with E-state index in [0.29, 0.717) is 13.2 Å². The first-order valence-corrected chi connectivity index (χ1v) is 9.49. The number of carbonyl (C=O) groups is 2. The number of esters is 1. The van der Waals surface area contributed by atoms with Gasteiger partial charge in [-0.05, 0) is 37.3 Å². The number of carbonyl (C=O) groups excluding carboxylic acids is 2. The van der Waals surface area contributed by atoms with Gasteiger partial charge in [0.05, 0.1) is 19.1 Å². The van der Waals surface area contributed by atoms with Gasteiger partial charge >= 0.3 is 12.0 Å². The molecule has 2 amide bonds. The molecule has 1 aliphatic carbocycles. The Bertz CT molecular complexity index is 611. The fraction of sp³-hybridized carbons (Fsp3) is 0.600. The summed E-state index contributed by atoms with van der Waals surface area (Å²) in [4.78, 5) is 26.8. The molecule has 1 fully saturated rings. The number of hydrogen-bond donors (Lipinski definition) is 1. The quantitative estimate of drug-likeness (QED) is 0.849. The van der Waals surface area contributed by atoms with Crippen molar-refractivity contribution in [3.8, 4) is 0 Å². The van der Waals surface area contributed by atoms with E-state index in [1.165, 1.54) is 24.8 Å². The summed E-state index contributed by atoms with van der Waals surface area (Å²) in [6, 6.07) is 8.07. The molecule has 2 aliphatic rings. The number of ether oxygens (including phenoxy) is 1. The molecular formula is C20H28N2O3. The van der Waals surface area contributed by atoms with Crippen molar-refractivity contribution in [2.24, 2.45) is 0 Å². The van der Waals surface area contributed by atoms with Crippen LogP contribution < -0.4 is 5.32 Å². The summed E-state index contributed by atoms with van der Waals surface area (Å²) >= 11 is 0. The lowest BCUT2D eigenvalue weighted by Crippen LogP contribution is -2.49. The van der Waals surface area contributed by atoms with Gasteiger partial charge in [0.1, 0.15) is 0 Å². The lowest BCUT2D eigenvalue weighted by atomic mass is 9.90. The van der Waals surface area contributed by atoms with Gasteiger partial charge in [-0.2, -0.15) is 0 Å². The van der Waals surface area contributed by atoms with E-state index in [0.717, 1.165) is 24.8 Å². The zero-order valence-electron chi connectivity index (χ0n) is 15.0. The predicted octanol–water partition coefficient (Wildman–Crippen LogP) is 3.58. The van der Waals surface area contributed by atoms with Crippen LogP contribution in [0.4, 0.5) is 4.79 Å². The molecule has 1 saturated carbocycles. The third-order valence-electron chi connectivity index (χ3n) is 5.27. The summed E-state index contributed by atoms with van der Waals surface area (Å²) in [7, 11) is 0. The zero-order valence-corrected chi connectivity index (χ0v) is 15.0. The second-order valence-corrected chi connectivity index (χ2v) is 6.95. The molecule has 25 heavy (non-hydrogen) atoms. The maximum Gasteiger partial charge on any atom is 0.318 e. The molecule has 1 N–H and O–H groups in total. The highest BCUT2D eigenvalue weighted by Gasteiger charge is 2.33. The molecule has 0 radical (unpaired) electrons. The van der Waals surface area contributed by atoms with Gasteiger partial charge in [0.15, 0.2) is 0 Å². The van der Waals surface area contributed by atoms with E-state index >= 15 is 0 Å². The second-order valence-electron chi connectivity index (χ2n) is 6.95. The van der Waals surface area contributed by atoms with Gasteiger partial charge in [0, 0.05) is 12.6 Å². The Morgan fingerprint density at radius 2 is 1.96 bits per heavy atom. The molecule has 1 aliphatic heterocycles. The molecule has 3 rings (SSSR count). The van der Waals surface area contributed by atoms with Crippen LogP contribution >= 0.6 is 0 Å². The van der Waals surface area contributed by atoms with Crippen LogP contribution in [0.1, 0.15) is 62.6 Å². The Labute approximate surface area is 149 Å². The number of benzene rings is 1. The molecule has 0 aromatic heterocycles. The Kier molecular flexibility index (Phi) is 5.95. The summed E-state index contributed by atoms with van der Waals surface area (Å²) in [5.74, 6) is -0.250. The molecule has 1 aromatic carbocycles. The van der Waals surface area contributed by atoms with Crippen molar-refractivity contribution in [2.75, 3.05) is 13.2 Å². The van der Waals surface area contributed by atoms with Crippen LogP contribution in [0, 0.1) is 0 Å². The normalized spacial score (nSPS) is 20.7. The third-order valence-corrected chi connectivity index (χ3v) is 5.27. The highest BCUT2D eigenvalue weighted by atomic mass is 16.5. The van der Waals surface area contributed by atoms with Gasteiger partial charge in [0.2, 0.25) is 0 Å². The fourth-order valence-corrected chi connectivity index (χ4v) is 4.00. The van der Waals surface area contributed by atoms with E-state index in [4.69, 9.17) is 4.74 Å². The molecule has 5 nitrogen and oxygen atoms in total. The SMILES string of the molecule is CCOC(=O)CC1c2ccccc2CCN1C(=O)NC1CCCCC1. The molecule has 1 aromatic rings. The van der Waals surface area contributed by atoms with Crippen LogP contribution in [-0.4, -0.2) is 36.1 Å². The molecule has 0 saturated heterocycles.